The van der Waals surface area contributed by atoms with Gasteiger partial charge < -0.3 is 10.1 Å². The van der Waals surface area contributed by atoms with E-state index >= 15 is 0 Å². The molecule has 0 saturated heterocycles. The standard InChI is InChI=1S/C17H20FNO/c1-11-5-8-17(20-4)16(9-11)19-13(3)14-7-6-12(2)15(18)10-14/h5-10,13,19H,1-4H3. The molecule has 0 amide bonds. The molecule has 3 heteroatoms. The van der Waals surface area contributed by atoms with Crippen LogP contribution < -0.4 is 10.1 Å². The van der Waals surface area contributed by atoms with Gasteiger partial charge in [-0.05, 0) is 55.7 Å². The third-order valence-corrected chi connectivity index (χ3v) is 3.42. The molecule has 0 aliphatic heterocycles. The Morgan fingerprint density at radius 1 is 1.10 bits per heavy atom. The molecule has 2 aromatic carbocycles. The Kier molecular flexibility index (Phi) is 4.28. The van der Waals surface area contributed by atoms with Crippen LogP contribution in [0.5, 0.6) is 5.75 Å². The number of ether oxygens (including phenoxy) is 1. The van der Waals surface area contributed by atoms with Crippen LogP contribution in [-0.2, 0) is 0 Å². The Hall–Kier alpha value is -2.03. The Morgan fingerprint density at radius 3 is 2.50 bits per heavy atom. The van der Waals surface area contributed by atoms with Crippen molar-refractivity contribution >= 4 is 5.69 Å². The van der Waals surface area contributed by atoms with Gasteiger partial charge in [-0.25, -0.2) is 4.39 Å². The van der Waals surface area contributed by atoms with Crippen molar-refractivity contribution in [3.05, 3.63) is 58.9 Å². The highest BCUT2D eigenvalue weighted by atomic mass is 19.1. The van der Waals surface area contributed by atoms with Crippen LogP contribution in [0.2, 0.25) is 0 Å². The number of hydrogen-bond donors (Lipinski definition) is 1. The van der Waals surface area contributed by atoms with Crippen LogP contribution in [-0.4, -0.2) is 7.11 Å². The molecule has 1 N–H and O–H groups in total. The van der Waals surface area contributed by atoms with Crippen molar-refractivity contribution in [3.8, 4) is 5.75 Å². The minimum absolute atomic E-state index is 0.000741. The van der Waals surface area contributed by atoms with Crippen molar-refractivity contribution < 1.29 is 9.13 Å². The molecule has 0 aromatic heterocycles. The molecule has 0 fully saturated rings. The van der Waals surface area contributed by atoms with E-state index in [1.807, 2.05) is 38.1 Å². The molecule has 0 spiro atoms. The van der Waals surface area contributed by atoms with Gasteiger partial charge in [-0.3, -0.25) is 0 Å². The average Bonchev–Trinajstić information content (AvgIpc) is 2.42. The lowest BCUT2D eigenvalue weighted by molar-refractivity contribution is 0.416. The highest BCUT2D eigenvalue weighted by Gasteiger charge is 2.10. The number of anilines is 1. The van der Waals surface area contributed by atoms with Gasteiger partial charge in [-0.1, -0.05) is 18.2 Å². The molecule has 0 radical (unpaired) electrons. The molecule has 0 heterocycles. The molecule has 0 bridgehead atoms. The lowest BCUT2D eigenvalue weighted by Crippen LogP contribution is -2.08. The van der Waals surface area contributed by atoms with Crippen LogP contribution in [0.1, 0.15) is 29.7 Å². The quantitative estimate of drug-likeness (QED) is 0.877. The predicted molar refractivity (Wildman–Crippen MR) is 80.9 cm³/mol. The molecule has 2 rings (SSSR count). The molecule has 2 nitrogen and oxygen atoms in total. The van der Waals surface area contributed by atoms with E-state index in [2.05, 4.69) is 5.32 Å². The SMILES string of the molecule is COc1ccc(C)cc1NC(C)c1ccc(C)c(F)c1. The first kappa shape index (κ1) is 14.4. The van der Waals surface area contributed by atoms with Crippen molar-refractivity contribution in [2.75, 3.05) is 12.4 Å². The fraction of sp³-hybridized carbons (Fsp3) is 0.294. The highest BCUT2D eigenvalue weighted by Crippen LogP contribution is 2.29. The summed E-state index contributed by atoms with van der Waals surface area (Å²) in [6.45, 7) is 5.80. The molecular formula is C17H20FNO. The second kappa shape index (κ2) is 5.95. The molecule has 106 valence electrons. The fourth-order valence-electron chi connectivity index (χ4n) is 2.13. The molecule has 1 atom stereocenters. The lowest BCUT2D eigenvalue weighted by Gasteiger charge is -2.19. The van der Waals surface area contributed by atoms with Crippen molar-refractivity contribution in [2.24, 2.45) is 0 Å². The third kappa shape index (κ3) is 3.10. The Bertz CT molecular complexity index is 610. The summed E-state index contributed by atoms with van der Waals surface area (Å²) in [7, 11) is 1.64. The molecule has 2 aromatic rings. The number of halogens is 1. The Labute approximate surface area is 119 Å². The van der Waals surface area contributed by atoms with Crippen LogP contribution >= 0.6 is 0 Å². The Morgan fingerprint density at radius 2 is 1.85 bits per heavy atom. The Balaban J connectivity index is 2.24. The maximum Gasteiger partial charge on any atom is 0.141 e. The minimum Gasteiger partial charge on any atom is -0.495 e. The lowest BCUT2D eigenvalue weighted by atomic mass is 10.1. The van der Waals surface area contributed by atoms with E-state index in [1.54, 1.807) is 26.2 Å². The van der Waals surface area contributed by atoms with E-state index in [0.717, 1.165) is 22.6 Å². The van der Waals surface area contributed by atoms with Gasteiger partial charge in [0.05, 0.1) is 12.8 Å². The van der Waals surface area contributed by atoms with Gasteiger partial charge in [-0.2, -0.15) is 0 Å². The number of rotatable bonds is 4. The van der Waals surface area contributed by atoms with Gasteiger partial charge in [0.2, 0.25) is 0 Å². The van der Waals surface area contributed by atoms with E-state index in [-0.39, 0.29) is 11.9 Å². The van der Waals surface area contributed by atoms with Gasteiger partial charge in [0.1, 0.15) is 11.6 Å². The van der Waals surface area contributed by atoms with Crippen LogP contribution in [0.3, 0.4) is 0 Å². The second-order valence-corrected chi connectivity index (χ2v) is 5.08. The molecule has 20 heavy (non-hydrogen) atoms. The van der Waals surface area contributed by atoms with Crippen molar-refractivity contribution in [2.45, 2.75) is 26.8 Å². The monoisotopic (exact) mass is 273 g/mol. The maximum atomic E-state index is 13.6. The number of hydrogen-bond acceptors (Lipinski definition) is 2. The predicted octanol–water partition coefficient (Wildman–Crippen LogP) is 4.62. The van der Waals surface area contributed by atoms with Crippen molar-refractivity contribution in [1.82, 2.24) is 0 Å². The first-order chi connectivity index (χ1) is 9.51. The van der Waals surface area contributed by atoms with E-state index in [4.69, 9.17) is 4.74 Å². The van der Waals surface area contributed by atoms with Crippen LogP contribution in [0.4, 0.5) is 10.1 Å². The summed E-state index contributed by atoms with van der Waals surface area (Å²) in [4.78, 5) is 0. The fourth-order valence-corrected chi connectivity index (χ4v) is 2.13. The topological polar surface area (TPSA) is 21.3 Å². The normalized spacial score (nSPS) is 12.1. The second-order valence-electron chi connectivity index (χ2n) is 5.08. The van der Waals surface area contributed by atoms with E-state index in [9.17, 15) is 4.39 Å². The minimum atomic E-state index is -0.174. The van der Waals surface area contributed by atoms with Crippen molar-refractivity contribution in [3.63, 3.8) is 0 Å². The van der Waals surface area contributed by atoms with Crippen LogP contribution in [0.15, 0.2) is 36.4 Å². The van der Waals surface area contributed by atoms with Gasteiger partial charge in [0, 0.05) is 6.04 Å². The zero-order valence-corrected chi connectivity index (χ0v) is 12.3. The number of methoxy groups -OCH3 is 1. The van der Waals surface area contributed by atoms with Crippen LogP contribution in [0, 0.1) is 19.7 Å². The summed E-state index contributed by atoms with van der Waals surface area (Å²) in [5, 5.41) is 3.37. The summed E-state index contributed by atoms with van der Waals surface area (Å²) >= 11 is 0. The van der Waals surface area contributed by atoms with E-state index in [1.165, 1.54) is 0 Å². The van der Waals surface area contributed by atoms with Crippen LogP contribution in [0.25, 0.3) is 0 Å². The highest BCUT2D eigenvalue weighted by molar-refractivity contribution is 5.59. The molecule has 0 aliphatic rings. The molecule has 1 unspecified atom stereocenters. The van der Waals surface area contributed by atoms with Gasteiger partial charge in [-0.15, -0.1) is 0 Å². The maximum absolute atomic E-state index is 13.6. The number of aryl methyl sites for hydroxylation is 2. The first-order valence-corrected chi connectivity index (χ1v) is 6.68. The number of nitrogens with one attached hydrogen (secondary N) is 1. The summed E-state index contributed by atoms with van der Waals surface area (Å²) in [6, 6.07) is 11.3. The summed E-state index contributed by atoms with van der Waals surface area (Å²) in [5.74, 6) is 0.613. The van der Waals surface area contributed by atoms with Crippen molar-refractivity contribution in [1.29, 1.82) is 0 Å². The molecule has 0 aliphatic carbocycles. The first-order valence-electron chi connectivity index (χ1n) is 6.68. The summed E-state index contributed by atoms with van der Waals surface area (Å²) < 4.78 is 19.0. The van der Waals surface area contributed by atoms with Gasteiger partial charge >= 0.3 is 0 Å². The van der Waals surface area contributed by atoms with Gasteiger partial charge in [0.25, 0.3) is 0 Å². The number of benzene rings is 2. The molecular weight excluding hydrogens is 253 g/mol. The van der Waals surface area contributed by atoms with E-state index in [0.29, 0.717) is 5.56 Å². The van der Waals surface area contributed by atoms with E-state index < -0.39 is 0 Å². The average molecular weight is 273 g/mol. The largest absolute Gasteiger partial charge is 0.495 e. The summed E-state index contributed by atoms with van der Waals surface area (Å²) in [6.07, 6.45) is 0. The summed E-state index contributed by atoms with van der Waals surface area (Å²) in [5.41, 5.74) is 3.64. The van der Waals surface area contributed by atoms with Gasteiger partial charge in [0.15, 0.2) is 0 Å². The zero-order valence-electron chi connectivity index (χ0n) is 12.3. The third-order valence-electron chi connectivity index (χ3n) is 3.42. The molecule has 0 saturated carbocycles. The smallest absolute Gasteiger partial charge is 0.141 e. The zero-order chi connectivity index (χ0) is 14.7.